The average molecular weight is 523 g/mol. The molecule has 8 heteroatoms. The summed E-state index contributed by atoms with van der Waals surface area (Å²) in [7, 11) is 0. The monoisotopic (exact) mass is 522 g/mol. The minimum absolute atomic E-state index is 0.0877. The van der Waals surface area contributed by atoms with Crippen molar-refractivity contribution in [1.29, 1.82) is 0 Å². The first-order valence-corrected chi connectivity index (χ1v) is 13.0. The van der Waals surface area contributed by atoms with Crippen molar-refractivity contribution in [2.24, 2.45) is 0 Å². The second-order valence-electron chi connectivity index (χ2n) is 9.55. The van der Waals surface area contributed by atoms with Crippen LogP contribution < -0.4 is 5.32 Å². The number of carbonyl (C=O) groups excluding carboxylic acids is 1. The number of rotatable bonds is 9. The average Bonchev–Trinajstić information content (AvgIpc) is 2.92. The summed E-state index contributed by atoms with van der Waals surface area (Å²) in [5, 5.41) is 3.36. The molecule has 1 saturated heterocycles. The molecular formula is C30H33F3N4O. The predicted molar refractivity (Wildman–Crippen MR) is 145 cm³/mol. The van der Waals surface area contributed by atoms with E-state index >= 15 is 0 Å². The molecule has 1 N–H and O–H groups in total. The Balaban J connectivity index is 1.50. The fourth-order valence-corrected chi connectivity index (χ4v) is 4.75. The van der Waals surface area contributed by atoms with Crippen molar-refractivity contribution in [3.05, 3.63) is 95.8 Å². The number of pyridine rings is 1. The highest BCUT2D eigenvalue weighted by Gasteiger charge is 2.30. The highest BCUT2D eigenvalue weighted by Crippen LogP contribution is 2.29. The van der Waals surface area contributed by atoms with Crippen LogP contribution in [0.1, 0.15) is 42.9 Å². The van der Waals surface area contributed by atoms with Crippen LogP contribution >= 0.6 is 0 Å². The summed E-state index contributed by atoms with van der Waals surface area (Å²) in [6.45, 7) is 5.54. The lowest BCUT2D eigenvalue weighted by atomic mass is 10.0. The zero-order valence-electron chi connectivity index (χ0n) is 21.5. The van der Waals surface area contributed by atoms with E-state index in [1.807, 2.05) is 41.3 Å². The summed E-state index contributed by atoms with van der Waals surface area (Å²) in [5.41, 5.74) is 2.68. The first-order chi connectivity index (χ1) is 18.3. The standard InChI is InChI=1S/C30H33F3N4O/c1-2-18-36-19-14-28(15-20-36)37(29(38)11-8-23-6-9-25(10-7-23)30(31,32)33)22-24-4-3-5-27(21-24)35-26-12-16-34-17-13-26/h3-13,16-17,21,28H,2,14-15,18-20,22H2,1H3,(H,34,35)/b11-8+. The van der Waals surface area contributed by atoms with Crippen molar-refractivity contribution in [2.75, 3.05) is 25.0 Å². The van der Waals surface area contributed by atoms with Gasteiger partial charge in [-0.15, -0.1) is 0 Å². The molecule has 1 aromatic heterocycles. The normalized spacial score (nSPS) is 15.1. The van der Waals surface area contributed by atoms with E-state index in [2.05, 4.69) is 22.1 Å². The van der Waals surface area contributed by atoms with Gasteiger partial charge >= 0.3 is 6.18 Å². The van der Waals surface area contributed by atoms with Crippen LogP contribution in [0.25, 0.3) is 6.08 Å². The first-order valence-electron chi connectivity index (χ1n) is 13.0. The van der Waals surface area contributed by atoms with Gasteiger partial charge in [0, 0.05) is 55.5 Å². The maximum Gasteiger partial charge on any atom is 0.416 e. The highest BCUT2D eigenvalue weighted by atomic mass is 19.4. The van der Waals surface area contributed by atoms with Gasteiger partial charge in [-0.3, -0.25) is 9.78 Å². The van der Waals surface area contributed by atoms with Crippen LogP contribution in [0.4, 0.5) is 24.5 Å². The molecule has 5 nitrogen and oxygen atoms in total. The summed E-state index contributed by atoms with van der Waals surface area (Å²) >= 11 is 0. The van der Waals surface area contributed by atoms with Crippen LogP contribution in [0.3, 0.4) is 0 Å². The largest absolute Gasteiger partial charge is 0.416 e. The van der Waals surface area contributed by atoms with Gasteiger partial charge in [0.25, 0.3) is 0 Å². The van der Waals surface area contributed by atoms with Crippen molar-refractivity contribution >= 4 is 23.4 Å². The quantitative estimate of drug-likeness (QED) is 0.316. The van der Waals surface area contributed by atoms with Gasteiger partial charge in [0.15, 0.2) is 0 Å². The lowest BCUT2D eigenvalue weighted by Gasteiger charge is -2.38. The summed E-state index contributed by atoms with van der Waals surface area (Å²) in [4.78, 5) is 21.8. The molecule has 38 heavy (non-hydrogen) atoms. The van der Waals surface area contributed by atoms with Crippen molar-refractivity contribution in [2.45, 2.75) is 44.9 Å². The number of carbonyl (C=O) groups is 1. The molecular weight excluding hydrogens is 489 g/mol. The SMILES string of the molecule is CCCN1CCC(N(Cc2cccc(Nc3ccncc3)c2)C(=O)/C=C/c2ccc(C(F)(F)F)cc2)CC1. The number of anilines is 2. The number of hydrogen-bond acceptors (Lipinski definition) is 4. The van der Waals surface area contributed by atoms with Crippen LogP contribution in [0.15, 0.2) is 79.1 Å². The Bertz CT molecular complexity index is 1200. The zero-order valence-corrected chi connectivity index (χ0v) is 21.5. The fourth-order valence-electron chi connectivity index (χ4n) is 4.75. The molecule has 0 spiro atoms. The molecule has 0 unspecified atom stereocenters. The number of piperidine rings is 1. The maximum atomic E-state index is 13.5. The Kier molecular flexibility index (Phi) is 9.18. The Morgan fingerprint density at radius 1 is 1.05 bits per heavy atom. The molecule has 4 rings (SSSR count). The summed E-state index contributed by atoms with van der Waals surface area (Å²) in [5.74, 6) is -0.147. The van der Waals surface area contributed by atoms with Crippen molar-refractivity contribution < 1.29 is 18.0 Å². The van der Waals surface area contributed by atoms with Crippen molar-refractivity contribution in [1.82, 2.24) is 14.8 Å². The third-order valence-corrected chi connectivity index (χ3v) is 6.73. The smallest absolute Gasteiger partial charge is 0.355 e. The van der Waals surface area contributed by atoms with Gasteiger partial charge in [-0.1, -0.05) is 31.2 Å². The number of halogens is 3. The first kappa shape index (κ1) is 27.4. The lowest BCUT2D eigenvalue weighted by Crippen LogP contribution is -2.46. The van der Waals surface area contributed by atoms with Gasteiger partial charge < -0.3 is 15.1 Å². The Morgan fingerprint density at radius 2 is 1.76 bits per heavy atom. The van der Waals surface area contributed by atoms with E-state index < -0.39 is 11.7 Å². The van der Waals surface area contributed by atoms with Crippen molar-refractivity contribution in [3.8, 4) is 0 Å². The van der Waals surface area contributed by atoms with E-state index in [-0.39, 0.29) is 11.9 Å². The molecule has 0 bridgehead atoms. The van der Waals surface area contributed by atoms with Crippen LogP contribution in [0.5, 0.6) is 0 Å². The van der Waals surface area contributed by atoms with E-state index in [9.17, 15) is 18.0 Å². The van der Waals surface area contributed by atoms with E-state index in [0.29, 0.717) is 12.1 Å². The third kappa shape index (κ3) is 7.68. The minimum Gasteiger partial charge on any atom is -0.355 e. The van der Waals surface area contributed by atoms with Gasteiger partial charge in [-0.05, 0) is 79.4 Å². The number of hydrogen-bond donors (Lipinski definition) is 1. The lowest BCUT2D eigenvalue weighted by molar-refractivity contribution is -0.137. The number of nitrogens with zero attached hydrogens (tertiary/aromatic N) is 3. The molecule has 0 aliphatic carbocycles. The second-order valence-corrected chi connectivity index (χ2v) is 9.55. The molecule has 2 heterocycles. The molecule has 1 aliphatic rings. The zero-order chi connectivity index (χ0) is 27.0. The van der Waals surface area contributed by atoms with Gasteiger partial charge in [0.1, 0.15) is 0 Å². The number of likely N-dealkylation sites (tertiary alicyclic amines) is 1. The van der Waals surface area contributed by atoms with Crippen molar-refractivity contribution in [3.63, 3.8) is 0 Å². The predicted octanol–water partition coefficient (Wildman–Crippen LogP) is 6.76. The molecule has 1 aliphatic heterocycles. The van der Waals surface area contributed by atoms with Gasteiger partial charge in [0.2, 0.25) is 5.91 Å². The van der Waals surface area contributed by atoms with Gasteiger partial charge in [-0.2, -0.15) is 13.2 Å². The second kappa shape index (κ2) is 12.7. The molecule has 0 saturated carbocycles. The summed E-state index contributed by atoms with van der Waals surface area (Å²) in [6, 6.07) is 16.7. The molecule has 1 fully saturated rings. The maximum absolute atomic E-state index is 13.5. The Labute approximate surface area is 222 Å². The van der Waals surface area contributed by atoms with Crippen LogP contribution in [-0.4, -0.2) is 46.4 Å². The Morgan fingerprint density at radius 3 is 2.42 bits per heavy atom. The number of aromatic nitrogens is 1. The van der Waals surface area contributed by atoms with Crippen LogP contribution in [0, 0.1) is 0 Å². The molecule has 0 atom stereocenters. The third-order valence-electron chi connectivity index (χ3n) is 6.73. The van der Waals surface area contributed by atoms with Crippen LogP contribution in [0.2, 0.25) is 0 Å². The van der Waals surface area contributed by atoms with E-state index in [4.69, 9.17) is 0 Å². The molecule has 200 valence electrons. The fraction of sp³-hybridized carbons (Fsp3) is 0.333. The van der Waals surface area contributed by atoms with Gasteiger partial charge in [-0.25, -0.2) is 0 Å². The topological polar surface area (TPSA) is 48.5 Å². The Hall–Kier alpha value is -3.65. The van der Waals surface area contributed by atoms with Gasteiger partial charge in [0.05, 0.1) is 5.56 Å². The number of nitrogens with one attached hydrogen (secondary N) is 1. The number of benzene rings is 2. The molecule has 0 radical (unpaired) electrons. The minimum atomic E-state index is -4.39. The summed E-state index contributed by atoms with van der Waals surface area (Å²) < 4.78 is 38.7. The van der Waals surface area contributed by atoms with E-state index in [1.165, 1.54) is 18.2 Å². The molecule has 2 aromatic carbocycles. The molecule has 3 aromatic rings. The highest BCUT2D eigenvalue weighted by molar-refractivity contribution is 5.92. The molecule has 1 amide bonds. The number of alkyl halides is 3. The van der Waals surface area contributed by atoms with Crippen LogP contribution in [-0.2, 0) is 17.5 Å². The number of amides is 1. The van der Waals surface area contributed by atoms with E-state index in [1.54, 1.807) is 18.5 Å². The van der Waals surface area contributed by atoms with E-state index in [0.717, 1.165) is 68.0 Å². The summed E-state index contributed by atoms with van der Waals surface area (Å²) in [6.07, 6.45) is 4.98.